The number of nitrogens with zero attached hydrogens (tertiary/aromatic N) is 2. The van der Waals surface area contributed by atoms with Gasteiger partial charge in [0.2, 0.25) is 5.91 Å². The first kappa shape index (κ1) is 17.3. The van der Waals surface area contributed by atoms with E-state index in [2.05, 4.69) is 5.32 Å². The molecule has 1 aromatic rings. The van der Waals surface area contributed by atoms with E-state index in [1.165, 1.54) is 0 Å². The summed E-state index contributed by atoms with van der Waals surface area (Å²) in [4.78, 5) is 28.4. The largest absolute Gasteiger partial charge is 0.378 e. The zero-order chi connectivity index (χ0) is 17.0. The maximum absolute atomic E-state index is 12.7. The Labute approximate surface area is 138 Å². The van der Waals surface area contributed by atoms with Gasteiger partial charge in [-0.3, -0.25) is 9.59 Å². The minimum Gasteiger partial charge on any atom is -0.378 e. The first-order valence-electron chi connectivity index (χ1n) is 8.25. The number of amides is 2. The number of piperidine rings is 1. The molecule has 5 nitrogen and oxygen atoms in total. The number of likely N-dealkylation sites (tertiary alicyclic amines) is 1. The highest BCUT2D eigenvalue weighted by atomic mass is 16.2. The van der Waals surface area contributed by atoms with E-state index < -0.39 is 0 Å². The van der Waals surface area contributed by atoms with Crippen molar-refractivity contribution in [3.05, 3.63) is 29.8 Å². The molecule has 0 radical (unpaired) electrons. The fourth-order valence-electron chi connectivity index (χ4n) is 2.75. The van der Waals surface area contributed by atoms with Crippen LogP contribution in [0.4, 0.5) is 5.69 Å². The molecule has 23 heavy (non-hydrogen) atoms. The summed E-state index contributed by atoms with van der Waals surface area (Å²) >= 11 is 0. The molecule has 2 rings (SSSR count). The van der Waals surface area contributed by atoms with Crippen LogP contribution in [0.5, 0.6) is 0 Å². The van der Waals surface area contributed by atoms with Crippen LogP contribution in [0, 0.1) is 5.92 Å². The second kappa shape index (κ2) is 7.49. The standard InChI is InChI=1S/C18H27N3O2/c1-13(2)17(22)19-15-8-6-10-21(12-15)18(23)14-7-5-9-16(11-14)20(3)4/h5,7,9,11,13,15H,6,8,10,12H2,1-4H3,(H,19,22). The fraction of sp³-hybridized carbons (Fsp3) is 0.556. The van der Waals surface area contributed by atoms with Crippen molar-refractivity contribution < 1.29 is 9.59 Å². The molecule has 1 N–H and O–H groups in total. The van der Waals surface area contributed by atoms with Crippen molar-refractivity contribution in [1.82, 2.24) is 10.2 Å². The van der Waals surface area contributed by atoms with E-state index in [9.17, 15) is 9.59 Å². The molecule has 2 amide bonds. The molecule has 126 valence electrons. The van der Waals surface area contributed by atoms with Crippen molar-refractivity contribution in [3.8, 4) is 0 Å². The summed E-state index contributed by atoms with van der Waals surface area (Å²) < 4.78 is 0. The Kier molecular flexibility index (Phi) is 5.64. The summed E-state index contributed by atoms with van der Waals surface area (Å²) in [6.07, 6.45) is 1.85. The lowest BCUT2D eigenvalue weighted by Gasteiger charge is -2.33. The molecule has 0 spiro atoms. The summed E-state index contributed by atoms with van der Waals surface area (Å²) in [5, 5.41) is 3.04. The van der Waals surface area contributed by atoms with Gasteiger partial charge in [0.25, 0.3) is 5.91 Å². The lowest BCUT2D eigenvalue weighted by atomic mass is 10.0. The van der Waals surface area contributed by atoms with Crippen molar-refractivity contribution in [2.75, 3.05) is 32.1 Å². The van der Waals surface area contributed by atoms with Crippen LogP contribution < -0.4 is 10.2 Å². The summed E-state index contributed by atoms with van der Waals surface area (Å²) in [5.41, 5.74) is 1.71. The summed E-state index contributed by atoms with van der Waals surface area (Å²) in [6.45, 7) is 5.10. The second-order valence-corrected chi connectivity index (χ2v) is 6.70. The van der Waals surface area contributed by atoms with Gasteiger partial charge in [0.05, 0.1) is 0 Å². The van der Waals surface area contributed by atoms with Crippen molar-refractivity contribution in [3.63, 3.8) is 0 Å². The molecule has 0 bridgehead atoms. The first-order chi connectivity index (χ1) is 10.9. The third kappa shape index (κ3) is 4.47. The molecule has 1 atom stereocenters. The average Bonchev–Trinajstić information content (AvgIpc) is 2.54. The van der Waals surface area contributed by atoms with Crippen molar-refractivity contribution in [2.24, 2.45) is 5.92 Å². The van der Waals surface area contributed by atoms with Gasteiger partial charge in [0, 0.05) is 50.4 Å². The molecule has 1 aromatic carbocycles. The Morgan fingerprint density at radius 3 is 2.70 bits per heavy atom. The van der Waals surface area contributed by atoms with E-state index in [4.69, 9.17) is 0 Å². The molecule has 0 saturated carbocycles. The van der Waals surface area contributed by atoms with Gasteiger partial charge < -0.3 is 15.1 Å². The highest BCUT2D eigenvalue weighted by Gasteiger charge is 2.26. The van der Waals surface area contributed by atoms with E-state index >= 15 is 0 Å². The predicted molar refractivity (Wildman–Crippen MR) is 92.7 cm³/mol. The Morgan fingerprint density at radius 1 is 1.30 bits per heavy atom. The molecule has 1 aliphatic heterocycles. The maximum atomic E-state index is 12.7. The Hall–Kier alpha value is -2.04. The molecule has 1 heterocycles. The minimum absolute atomic E-state index is 0.0298. The molecule has 5 heteroatoms. The normalized spacial score (nSPS) is 18.0. The zero-order valence-electron chi connectivity index (χ0n) is 14.5. The number of carbonyl (C=O) groups excluding carboxylic acids is 2. The van der Waals surface area contributed by atoms with Crippen LogP contribution in [0.1, 0.15) is 37.0 Å². The SMILES string of the molecule is CC(C)C(=O)NC1CCCN(C(=O)c2cccc(N(C)C)c2)C1. The van der Waals surface area contributed by atoms with Crippen molar-refractivity contribution in [1.29, 1.82) is 0 Å². The van der Waals surface area contributed by atoms with Gasteiger partial charge in [-0.05, 0) is 31.0 Å². The van der Waals surface area contributed by atoms with E-state index in [1.807, 2.05) is 62.0 Å². The van der Waals surface area contributed by atoms with E-state index in [1.54, 1.807) is 0 Å². The topological polar surface area (TPSA) is 52.7 Å². The second-order valence-electron chi connectivity index (χ2n) is 6.70. The Balaban J connectivity index is 2.04. The molecule has 0 aromatic heterocycles. The third-order valence-corrected chi connectivity index (χ3v) is 4.19. The highest BCUT2D eigenvalue weighted by molar-refractivity contribution is 5.95. The lowest BCUT2D eigenvalue weighted by molar-refractivity contribution is -0.125. The number of rotatable bonds is 4. The third-order valence-electron chi connectivity index (χ3n) is 4.19. The van der Waals surface area contributed by atoms with Gasteiger partial charge in [0.15, 0.2) is 0 Å². The monoisotopic (exact) mass is 317 g/mol. The zero-order valence-corrected chi connectivity index (χ0v) is 14.5. The maximum Gasteiger partial charge on any atom is 0.253 e. The van der Waals surface area contributed by atoms with Gasteiger partial charge in [-0.25, -0.2) is 0 Å². The Bertz CT molecular complexity index is 569. The predicted octanol–water partition coefficient (Wildman–Crippen LogP) is 2.13. The number of carbonyl (C=O) groups is 2. The first-order valence-corrected chi connectivity index (χ1v) is 8.25. The van der Waals surface area contributed by atoms with Crippen molar-refractivity contribution >= 4 is 17.5 Å². The Morgan fingerprint density at radius 2 is 2.04 bits per heavy atom. The smallest absolute Gasteiger partial charge is 0.253 e. The molecule has 0 aliphatic carbocycles. The van der Waals surface area contributed by atoms with Crippen LogP contribution in [0.2, 0.25) is 0 Å². The number of benzene rings is 1. The molecule has 1 saturated heterocycles. The van der Waals surface area contributed by atoms with Crippen LogP contribution in [-0.4, -0.2) is 49.9 Å². The quantitative estimate of drug-likeness (QED) is 0.925. The number of anilines is 1. The van der Waals surface area contributed by atoms with E-state index in [-0.39, 0.29) is 23.8 Å². The van der Waals surface area contributed by atoms with Gasteiger partial charge >= 0.3 is 0 Å². The molecule has 1 fully saturated rings. The van der Waals surface area contributed by atoms with Crippen LogP contribution in [-0.2, 0) is 4.79 Å². The lowest BCUT2D eigenvalue weighted by Crippen LogP contribution is -2.50. The van der Waals surface area contributed by atoms with Gasteiger partial charge in [-0.2, -0.15) is 0 Å². The minimum atomic E-state index is -0.0298. The summed E-state index contributed by atoms with van der Waals surface area (Å²) in [7, 11) is 3.92. The van der Waals surface area contributed by atoms with E-state index in [0.29, 0.717) is 12.1 Å². The van der Waals surface area contributed by atoms with E-state index in [0.717, 1.165) is 25.1 Å². The van der Waals surface area contributed by atoms with Gasteiger partial charge in [-0.1, -0.05) is 19.9 Å². The molecular formula is C18H27N3O2. The van der Waals surface area contributed by atoms with Crippen LogP contribution in [0.3, 0.4) is 0 Å². The molecular weight excluding hydrogens is 290 g/mol. The van der Waals surface area contributed by atoms with Crippen LogP contribution >= 0.6 is 0 Å². The van der Waals surface area contributed by atoms with Gasteiger partial charge in [-0.15, -0.1) is 0 Å². The van der Waals surface area contributed by atoms with Gasteiger partial charge in [0.1, 0.15) is 0 Å². The fourth-order valence-corrected chi connectivity index (χ4v) is 2.75. The number of hydrogen-bond donors (Lipinski definition) is 1. The molecule has 1 unspecified atom stereocenters. The van der Waals surface area contributed by atoms with Crippen LogP contribution in [0.25, 0.3) is 0 Å². The van der Waals surface area contributed by atoms with Crippen molar-refractivity contribution in [2.45, 2.75) is 32.7 Å². The summed E-state index contributed by atoms with van der Waals surface area (Å²) in [5.74, 6) is 0.0638. The summed E-state index contributed by atoms with van der Waals surface area (Å²) in [6, 6.07) is 7.72. The number of nitrogens with one attached hydrogen (secondary N) is 1. The van der Waals surface area contributed by atoms with Crippen LogP contribution in [0.15, 0.2) is 24.3 Å². The number of hydrogen-bond acceptors (Lipinski definition) is 3. The highest BCUT2D eigenvalue weighted by Crippen LogP contribution is 2.18. The average molecular weight is 317 g/mol. The molecule has 1 aliphatic rings.